The van der Waals surface area contributed by atoms with Crippen LogP contribution in [-0.4, -0.2) is 28.9 Å². The third-order valence-corrected chi connectivity index (χ3v) is 3.08. The molecule has 0 bridgehead atoms. The van der Waals surface area contributed by atoms with Gasteiger partial charge in [-0.25, -0.2) is 9.78 Å². The van der Waals surface area contributed by atoms with Crippen LogP contribution in [0.1, 0.15) is 49.9 Å². The van der Waals surface area contributed by atoms with Gasteiger partial charge in [-0.3, -0.25) is 4.79 Å². The van der Waals surface area contributed by atoms with Gasteiger partial charge in [-0.05, 0) is 39.2 Å². The van der Waals surface area contributed by atoms with Gasteiger partial charge in [0, 0.05) is 18.7 Å². The lowest BCUT2D eigenvalue weighted by atomic mass is 9.96. The molecular weight excluding hydrogens is 258 g/mol. The maximum absolute atomic E-state index is 11.9. The minimum Gasteiger partial charge on any atom is -0.475 e. The van der Waals surface area contributed by atoms with Crippen LogP contribution >= 0.6 is 0 Å². The van der Waals surface area contributed by atoms with E-state index < -0.39 is 12.1 Å². The smallest absolute Gasteiger partial charge is 0.340 e. The number of nitrogens with zero attached hydrogens (tertiary/aromatic N) is 1. The third-order valence-electron chi connectivity index (χ3n) is 3.08. The number of ketones is 1. The Morgan fingerprint density at radius 2 is 2.15 bits per heavy atom. The second-order valence-corrected chi connectivity index (χ2v) is 5.16. The topological polar surface area (TPSA) is 65.5 Å². The molecule has 1 aromatic rings. The molecule has 1 aromatic heterocycles. The van der Waals surface area contributed by atoms with Crippen molar-refractivity contribution in [1.29, 1.82) is 0 Å². The van der Waals surface area contributed by atoms with Gasteiger partial charge in [-0.1, -0.05) is 0 Å². The fourth-order valence-electron chi connectivity index (χ4n) is 2.09. The number of rotatable bonds is 4. The highest BCUT2D eigenvalue weighted by Crippen LogP contribution is 2.19. The monoisotopic (exact) mass is 277 g/mol. The van der Waals surface area contributed by atoms with E-state index in [4.69, 9.17) is 9.47 Å². The first-order valence-electron chi connectivity index (χ1n) is 6.92. The minimum atomic E-state index is -0.595. The fraction of sp³-hybridized carbons (Fsp3) is 0.533. The number of hydrogen-bond donors (Lipinski definition) is 0. The van der Waals surface area contributed by atoms with E-state index >= 15 is 0 Å². The van der Waals surface area contributed by atoms with Gasteiger partial charge in [0.2, 0.25) is 5.88 Å². The second-order valence-electron chi connectivity index (χ2n) is 5.16. The summed E-state index contributed by atoms with van der Waals surface area (Å²) in [6.07, 6.45) is 3.76. The van der Waals surface area contributed by atoms with Gasteiger partial charge in [0.15, 0.2) is 11.9 Å². The van der Waals surface area contributed by atoms with Crippen LogP contribution in [0.5, 0.6) is 5.88 Å². The van der Waals surface area contributed by atoms with Gasteiger partial charge in [-0.2, -0.15) is 0 Å². The Labute approximate surface area is 118 Å². The Kier molecular flexibility index (Phi) is 4.71. The van der Waals surface area contributed by atoms with E-state index in [9.17, 15) is 9.59 Å². The number of pyridine rings is 1. The number of Topliss-reactive ketones (excluding diaryl/α,β-unsaturated/α-hetero) is 1. The molecule has 5 heteroatoms. The number of ether oxygens (including phenoxy) is 2. The fourth-order valence-corrected chi connectivity index (χ4v) is 2.09. The van der Waals surface area contributed by atoms with Crippen LogP contribution in [0.3, 0.4) is 0 Å². The van der Waals surface area contributed by atoms with Crippen molar-refractivity contribution in [2.24, 2.45) is 0 Å². The summed E-state index contributed by atoms with van der Waals surface area (Å²) in [5, 5.41) is 0. The molecule has 0 radical (unpaired) electrons. The van der Waals surface area contributed by atoms with Crippen LogP contribution in [0.2, 0.25) is 0 Å². The molecule has 1 aliphatic rings. The van der Waals surface area contributed by atoms with E-state index in [-0.39, 0.29) is 11.9 Å². The molecule has 2 rings (SSSR count). The highest BCUT2D eigenvalue weighted by Gasteiger charge is 2.26. The molecule has 0 spiro atoms. The molecule has 1 saturated carbocycles. The maximum Gasteiger partial charge on any atom is 0.340 e. The minimum absolute atomic E-state index is 0.0114. The molecule has 0 aromatic carbocycles. The summed E-state index contributed by atoms with van der Waals surface area (Å²) in [5.74, 6) is -0.0311. The third kappa shape index (κ3) is 3.79. The van der Waals surface area contributed by atoms with Gasteiger partial charge in [0.1, 0.15) is 0 Å². The standard InChI is InChI=1S/C15H19NO4/c1-10(2)19-14-8-7-11(9-16-14)15(18)20-13-6-4-3-5-12(13)17/h7-10,13H,3-6H2,1-2H3. The van der Waals surface area contributed by atoms with Gasteiger partial charge in [-0.15, -0.1) is 0 Å². The van der Waals surface area contributed by atoms with Gasteiger partial charge < -0.3 is 9.47 Å². The number of esters is 1. The predicted molar refractivity (Wildman–Crippen MR) is 72.7 cm³/mol. The molecule has 20 heavy (non-hydrogen) atoms. The second kappa shape index (κ2) is 6.50. The van der Waals surface area contributed by atoms with Crippen molar-refractivity contribution in [3.05, 3.63) is 23.9 Å². The molecule has 108 valence electrons. The van der Waals surface area contributed by atoms with E-state index in [0.29, 0.717) is 24.3 Å². The van der Waals surface area contributed by atoms with Crippen molar-refractivity contribution in [3.63, 3.8) is 0 Å². The molecule has 1 heterocycles. The SMILES string of the molecule is CC(C)Oc1ccc(C(=O)OC2CCCCC2=O)cn1. The normalized spacial score (nSPS) is 18.9. The molecular formula is C15H19NO4. The lowest BCUT2D eigenvalue weighted by Gasteiger charge is -2.20. The van der Waals surface area contributed by atoms with E-state index in [2.05, 4.69) is 4.98 Å². The zero-order chi connectivity index (χ0) is 14.5. The molecule has 1 aliphatic carbocycles. The molecule has 0 N–H and O–H groups in total. The predicted octanol–water partition coefficient (Wildman–Crippen LogP) is 2.54. The molecule has 1 unspecified atom stereocenters. The summed E-state index contributed by atoms with van der Waals surface area (Å²) in [5.41, 5.74) is 0.333. The van der Waals surface area contributed by atoms with Crippen molar-refractivity contribution < 1.29 is 19.1 Å². The Bertz CT molecular complexity index is 481. The largest absolute Gasteiger partial charge is 0.475 e. The highest BCUT2D eigenvalue weighted by atomic mass is 16.5. The zero-order valence-corrected chi connectivity index (χ0v) is 11.8. The van der Waals surface area contributed by atoms with Crippen LogP contribution in [0.25, 0.3) is 0 Å². The molecule has 0 amide bonds. The van der Waals surface area contributed by atoms with Crippen molar-refractivity contribution in [2.75, 3.05) is 0 Å². The number of carbonyl (C=O) groups is 2. The number of hydrogen-bond acceptors (Lipinski definition) is 5. The Hall–Kier alpha value is -1.91. The van der Waals surface area contributed by atoms with Gasteiger partial charge in [0.25, 0.3) is 0 Å². The first kappa shape index (κ1) is 14.5. The summed E-state index contributed by atoms with van der Waals surface area (Å²) >= 11 is 0. The van der Waals surface area contributed by atoms with Gasteiger partial charge in [0.05, 0.1) is 11.7 Å². The molecule has 0 aliphatic heterocycles. The lowest BCUT2D eigenvalue weighted by molar-refractivity contribution is -0.129. The van der Waals surface area contributed by atoms with Crippen LogP contribution in [0.15, 0.2) is 18.3 Å². The summed E-state index contributed by atoms with van der Waals surface area (Å²) in [6, 6.07) is 3.22. The van der Waals surface area contributed by atoms with Crippen LogP contribution in [0, 0.1) is 0 Å². The Morgan fingerprint density at radius 1 is 1.35 bits per heavy atom. The average Bonchev–Trinajstić information content (AvgIpc) is 2.41. The Morgan fingerprint density at radius 3 is 2.75 bits per heavy atom. The van der Waals surface area contributed by atoms with E-state index in [1.54, 1.807) is 12.1 Å². The Balaban J connectivity index is 1.96. The van der Waals surface area contributed by atoms with E-state index in [1.807, 2.05) is 13.8 Å². The van der Waals surface area contributed by atoms with E-state index in [0.717, 1.165) is 12.8 Å². The quantitative estimate of drug-likeness (QED) is 0.791. The van der Waals surface area contributed by atoms with Crippen LogP contribution in [-0.2, 0) is 9.53 Å². The highest BCUT2D eigenvalue weighted by molar-refractivity contribution is 5.92. The summed E-state index contributed by atoms with van der Waals surface area (Å²) < 4.78 is 10.6. The van der Waals surface area contributed by atoms with Gasteiger partial charge >= 0.3 is 5.97 Å². The summed E-state index contributed by atoms with van der Waals surface area (Å²) in [7, 11) is 0. The van der Waals surface area contributed by atoms with Crippen molar-refractivity contribution in [1.82, 2.24) is 4.98 Å². The molecule has 5 nitrogen and oxygen atoms in total. The zero-order valence-electron chi connectivity index (χ0n) is 11.8. The average molecular weight is 277 g/mol. The summed E-state index contributed by atoms with van der Waals surface area (Å²) in [6.45, 7) is 3.80. The van der Waals surface area contributed by atoms with Crippen molar-refractivity contribution in [3.8, 4) is 5.88 Å². The van der Waals surface area contributed by atoms with E-state index in [1.165, 1.54) is 6.20 Å². The number of aromatic nitrogens is 1. The molecule has 1 fully saturated rings. The first-order chi connectivity index (χ1) is 9.56. The lowest BCUT2D eigenvalue weighted by Crippen LogP contribution is -2.30. The first-order valence-corrected chi connectivity index (χ1v) is 6.92. The maximum atomic E-state index is 11.9. The number of carbonyl (C=O) groups excluding carboxylic acids is 2. The summed E-state index contributed by atoms with van der Waals surface area (Å²) in [4.78, 5) is 27.6. The molecule has 1 atom stereocenters. The van der Waals surface area contributed by atoms with Crippen molar-refractivity contribution >= 4 is 11.8 Å². The van der Waals surface area contributed by atoms with Crippen molar-refractivity contribution in [2.45, 2.75) is 51.7 Å². The molecule has 0 saturated heterocycles. The van der Waals surface area contributed by atoms with Crippen LogP contribution in [0.4, 0.5) is 0 Å². The van der Waals surface area contributed by atoms with Crippen LogP contribution < -0.4 is 4.74 Å².